The van der Waals surface area contributed by atoms with Gasteiger partial charge in [-0.15, -0.1) is 0 Å². The molecular formula is C19H19Cl2N3O2. The Bertz CT molecular complexity index is 956. The third kappa shape index (κ3) is 3.14. The van der Waals surface area contributed by atoms with Crippen LogP contribution in [-0.4, -0.2) is 15.3 Å². The number of aromatic nitrogens is 3. The summed E-state index contributed by atoms with van der Waals surface area (Å²) in [6, 6.07) is 5.16. The Labute approximate surface area is 161 Å². The second-order valence-corrected chi connectivity index (χ2v) is 8.63. The van der Waals surface area contributed by atoms with Gasteiger partial charge in [0, 0.05) is 22.6 Å². The molecule has 2 heterocycles. The minimum Gasteiger partial charge on any atom is -0.360 e. The van der Waals surface area contributed by atoms with E-state index < -0.39 is 0 Å². The Kier molecular flexibility index (Phi) is 4.32. The molecule has 1 aliphatic carbocycles. The number of rotatable bonds is 2. The molecule has 4 rings (SSSR count). The van der Waals surface area contributed by atoms with Crippen LogP contribution in [0.5, 0.6) is 0 Å². The van der Waals surface area contributed by atoms with Gasteiger partial charge in [0.2, 0.25) is 5.82 Å². The van der Waals surface area contributed by atoms with Crippen molar-refractivity contribution >= 4 is 23.2 Å². The first-order valence-electron chi connectivity index (χ1n) is 8.60. The van der Waals surface area contributed by atoms with Crippen LogP contribution in [0.2, 0.25) is 10.0 Å². The second kappa shape index (κ2) is 6.39. The second-order valence-electron chi connectivity index (χ2n) is 7.79. The van der Waals surface area contributed by atoms with Gasteiger partial charge in [-0.05, 0) is 42.4 Å². The van der Waals surface area contributed by atoms with Crippen molar-refractivity contribution in [3.63, 3.8) is 0 Å². The zero-order valence-electron chi connectivity index (χ0n) is 14.8. The molecule has 0 fully saturated rings. The normalized spacial score (nSPS) is 17.3. The molecule has 0 saturated carbocycles. The van der Waals surface area contributed by atoms with Gasteiger partial charge in [0.15, 0.2) is 5.69 Å². The van der Waals surface area contributed by atoms with Crippen molar-refractivity contribution in [3.05, 3.63) is 39.6 Å². The third-order valence-corrected chi connectivity index (χ3v) is 5.61. The van der Waals surface area contributed by atoms with Crippen LogP contribution < -0.4 is 0 Å². The molecule has 0 saturated heterocycles. The van der Waals surface area contributed by atoms with Gasteiger partial charge in [-0.3, -0.25) is 0 Å². The van der Waals surface area contributed by atoms with Gasteiger partial charge < -0.3 is 9.05 Å². The maximum atomic E-state index is 6.24. The number of benzene rings is 1. The first-order chi connectivity index (χ1) is 12.3. The van der Waals surface area contributed by atoms with Crippen molar-refractivity contribution in [1.82, 2.24) is 15.3 Å². The summed E-state index contributed by atoms with van der Waals surface area (Å²) < 4.78 is 11.0. The smallest absolute Gasteiger partial charge is 0.280 e. The summed E-state index contributed by atoms with van der Waals surface area (Å²) in [5.41, 5.74) is 2.60. The standard InChI is InChI=1S/C19H19Cl2N3O2/c1-19(2,3)10-4-7-15-13(8-10)16(23-25-15)18-22-17(24-26-18)12-6-5-11(20)9-14(12)21/h5-6,9-10H,4,7-8H2,1-3H3. The highest BCUT2D eigenvalue weighted by atomic mass is 35.5. The molecule has 1 aliphatic rings. The highest BCUT2D eigenvalue weighted by Gasteiger charge is 2.34. The van der Waals surface area contributed by atoms with E-state index in [1.54, 1.807) is 18.2 Å². The van der Waals surface area contributed by atoms with Crippen molar-refractivity contribution in [2.45, 2.75) is 40.0 Å². The minimum absolute atomic E-state index is 0.225. The number of halogens is 2. The molecule has 7 heteroatoms. The molecule has 0 radical (unpaired) electrons. The molecule has 0 bridgehead atoms. The van der Waals surface area contributed by atoms with Crippen LogP contribution >= 0.6 is 23.2 Å². The van der Waals surface area contributed by atoms with Crippen molar-refractivity contribution in [2.75, 3.05) is 0 Å². The van der Waals surface area contributed by atoms with E-state index in [0.29, 0.717) is 38.9 Å². The zero-order chi connectivity index (χ0) is 18.5. The first kappa shape index (κ1) is 17.6. The van der Waals surface area contributed by atoms with Crippen LogP contribution in [0.1, 0.15) is 38.5 Å². The number of nitrogens with zero attached hydrogens (tertiary/aromatic N) is 3. The zero-order valence-corrected chi connectivity index (χ0v) is 16.4. The van der Waals surface area contributed by atoms with Gasteiger partial charge in [0.05, 0.1) is 5.02 Å². The molecule has 2 aromatic heterocycles. The molecule has 0 spiro atoms. The van der Waals surface area contributed by atoms with Crippen LogP contribution in [0, 0.1) is 11.3 Å². The Hall–Kier alpha value is -1.85. The molecule has 1 atom stereocenters. The van der Waals surface area contributed by atoms with Gasteiger partial charge in [-0.25, -0.2) is 0 Å². The summed E-state index contributed by atoms with van der Waals surface area (Å²) >= 11 is 12.2. The molecule has 26 heavy (non-hydrogen) atoms. The Morgan fingerprint density at radius 1 is 1.12 bits per heavy atom. The highest BCUT2D eigenvalue weighted by molar-refractivity contribution is 6.36. The molecule has 136 valence electrons. The Balaban J connectivity index is 1.69. The summed E-state index contributed by atoms with van der Waals surface area (Å²) in [6.45, 7) is 6.80. The van der Waals surface area contributed by atoms with Crippen molar-refractivity contribution in [2.24, 2.45) is 11.3 Å². The van der Waals surface area contributed by atoms with Crippen molar-refractivity contribution in [3.8, 4) is 23.0 Å². The number of hydrogen-bond donors (Lipinski definition) is 0. The fourth-order valence-electron chi connectivity index (χ4n) is 3.41. The van der Waals surface area contributed by atoms with Crippen LogP contribution in [-0.2, 0) is 12.8 Å². The van der Waals surface area contributed by atoms with Gasteiger partial charge in [0.1, 0.15) is 5.76 Å². The third-order valence-electron chi connectivity index (χ3n) is 5.07. The Morgan fingerprint density at radius 2 is 1.92 bits per heavy atom. The van der Waals surface area contributed by atoms with Crippen LogP contribution in [0.25, 0.3) is 23.0 Å². The summed E-state index contributed by atoms with van der Waals surface area (Å²) in [5, 5.41) is 9.29. The van der Waals surface area contributed by atoms with Gasteiger partial charge in [-0.2, -0.15) is 4.98 Å². The monoisotopic (exact) mass is 391 g/mol. The lowest BCUT2D eigenvalue weighted by Gasteiger charge is -2.33. The lowest BCUT2D eigenvalue weighted by molar-refractivity contribution is 0.206. The van der Waals surface area contributed by atoms with Gasteiger partial charge >= 0.3 is 0 Å². The van der Waals surface area contributed by atoms with E-state index in [4.69, 9.17) is 32.2 Å². The van der Waals surface area contributed by atoms with E-state index in [9.17, 15) is 0 Å². The van der Waals surface area contributed by atoms with E-state index in [2.05, 4.69) is 36.1 Å². The summed E-state index contributed by atoms with van der Waals surface area (Å²) in [4.78, 5) is 4.48. The van der Waals surface area contributed by atoms with Gasteiger partial charge in [0.25, 0.3) is 5.89 Å². The predicted octanol–water partition coefficient (Wildman–Crippen LogP) is 5.85. The maximum absolute atomic E-state index is 6.24. The Morgan fingerprint density at radius 3 is 2.65 bits per heavy atom. The van der Waals surface area contributed by atoms with Crippen molar-refractivity contribution < 1.29 is 9.05 Å². The van der Waals surface area contributed by atoms with Crippen LogP contribution in [0.4, 0.5) is 0 Å². The molecular weight excluding hydrogens is 373 g/mol. The molecule has 5 nitrogen and oxygen atoms in total. The lowest BCUT2D eigenvalue weighted by Crippen LogP contribution is -2.26. The topological polar surface area (TPSA) is 65.0 Å². The fraction of sp³-hybridized carbons (Fsp3) is 0.421. The quantitative estimate of drug-likeness (QED) is 0.547. The maximum Gasteiger partial charge on any atom is 0.280 e. The molecule has 3 aromatic rings. The molecule has 0 aliphatic heterocycles. The van der Waals surface area contributed by atoms with E-state index in [1.165, 1.54) is 0 Å². The van der Waals surface area contributed by atoms with Crippen LogP contribution in [0.15, 0.2) is 27.2 Å². The average molecular weight is 392 g/mol. The summed E-state index contributed by atoms with van der Waals surface area (Å²) in [6.07, 6.45) is 2.88. The summed E-state index contributed by atoms with van der Waals surface area (Å²) in [7, 11) is 0. The predicted molar refractivity (Wildman–Crippen MR) is 100 cm³/mol. The molecule has 0 amide bonds. The van der Waals surface area contributed by atoms with E-state index in [1.807, 2.05) is 0 Å². The number of fused-ring (bicyclic) bond motifs is 1. The first-order valence-corrected chi connectivity index (χ1v) is 9.35. The fourth-order valence-corrected chi connectivity index (χ4v) is 3.90. The van der Waals surface area contributed by atoms with E-state index in [-0.39, 0.29) is 5.41 Å². The lowest BCUT2D eigenvalue weighted by atomic mass is 9.71. The molecule has 0 N–H and O–H groups in total. The summed E-state index contributed by atoms with van der Waals surface area (Å²) in [5.74, 6) is 2.23. The molecule has 1 aromatic carbocycles. The average Bonchev–Trinajstić information content (AvgIpc) is 3.19. The highest BCUT2D eigenvalue weighted by Crippen LogP contribution is 2.40. The SMILES string of the molecule is CC(C)(C)C1CCc2onc(-c3nc(-c4ccc(Cl)cc4Cl)no3)c2C1. The molecule has 1 unspecified atom stereocenters. The van der Waals surface area contributed by atoms with Crippen LogP contribution in [0.3, 0.4) is 0 Å². The number of hydrogen-bond acceptors (Lipinski definition) is 5. The van der Waals surface area contributed by atoms with E-state index >= 15 is 0 Å². The van der Waals surface area contributed by atoms with E-state index in [0.717, 1.165) is 30.6 Å². The minimum atomic E-state index is 0.225. The van der Waals surface area contributed by atoms with Gasteiger partial charge in [-0.1, -0.05) is 54.3 Å². The largest absolute Gasteiger partial charge is 0.360 e. The number of aryl methyl sites for hydroxylation is 1. The van der Waals surface area contributed by atoms with Crippen molar-refractivity contribution in [1.29, 1.82) is 0 Å².